The molecule has 0 aliphatic rings. The van der Waals surface area contributed by atoms with Crippen molar-refractivity contribution in [3.05, 3.63) is 215 Å². The second-order valence-electron chi connectivity index (χ2n) is 16.6. The van der Waals surface area contributed by atoms with Crippen molar-refractivity contribution in [3.8, 4) is 47.4 Å². The Hall–Kier alpha value is -6.67. The summed E-state index contributed by atoms with van der Waals surface area (Å²) in [6.45, 7) is 12.9. The van der Waals surface area contributed by atoms with Crippen LogP contribution in [-0.2, 0) is 0 Å². The van der Waals surface area contributed by atoms with Crippen LogP contribution in [0.25, 0.3) is 0 Å². The first-order valence-corrected chi connectivity index (χ1v) is 24.1. The highest BCUT2D eigenvalue weighted by Crippen LogP contribution is 2.43. The largest absolute Gasteiger partial charge is 0.196 e. The molecule has 0 heterocycles. The lowest BCUT2D eigenvalue weighted by molar-refractivity contribution is 0.667. The standard InChI is InChI=1S/C56H48F2Si2/c1-55(2,3)59(47-31-17-9-18-32-47,48-33-19-10-20-34-48)53(43-41-45-27-13-7-14-28-45)51(57)39-25-26-40-52(58)54(44-42-46-29-15-8-16-30-46)60(56(4,5)6,49-35-21-11-22-36-49)50-37-23-12-24-38-50/h7-24,27-38H,1-6H3/b53-51-,54-52+. The van der Waals surface area contributed by atoms with E-state index >= 15 is 8.78 Å². The fourth-order valence-electron chi connectivity index (χ4n) is 8.38. The van der Waals surface area contributed by atoms with Crippen LogP contribution >= 0.6 is 0 Å². The Morgan fingerprint density at radius 2 is 0.583 bits per heavy atom. The van der Waals surface area contributed by atoms with Gasteiger partial charge in [-0.1, -0.05) is 223 Å². The SMILES string of the molecule is CC(C)(C)[Si](/C(C#Cc1ccccc1)=C(\F)C#CC#C/C(F)=C(/C#Cc1ccccc1)[Si](c1ccccc1)(c1ccccc1)C(C)(C)C)(c1ccccc1)c1ccccc1. The van der Waals surface area contributed by atoms with E-state index in [-0.39, 0.29) is 0 Å². The first kappa shape index (κ1) is 42.9. The van der Waals surface area contributed by atoms with Gasteiger partial charge in [0.25, 0.3) is 0 Å². The van der Waals surface area contributed by atoms with Crippen molar-refractivity contribution >= 4 is 36.9 Å². The molecule has 0 nitrogen and oxygen atoms in total. The molecule has 0 atom stereocenters. The van der Waals surface area contributed by atoms with E-state index < -0.39 is 37.9 Å². The van der Waals surface area contributed by atoms with Crippen LogP contribution in [-0.4, -0.2) is 16.1 Å². The minimum atomic E-state index is -3.28. The molecule has 6 aromatic carbocycles. The highest BCUT2D eigenvalue weighted by atomic mass is 28.3. The summed E-state index contributed by atoms with van der Waals surface area (Å²) >= 11 is 0. The Morgan fingerprint density at radius 3 is 0.817 bits per heavy atom. The number of halogens is 2. The van der Waals surface area contributed by atoms with Gasteiger partial charge in [-0.15, -0.1) is 0 Å². The quantitative estimate of drug-likeness (QED) is 0.116. The zero-order valence-electron chi connectivity index (χ0n) is 35.1. The summed E-state index contributed by atoms with van der Waals surface area (Å²) in [5.41, 5.74) is 1.52. The molecular formula is C56H48F2Si2. The maximum Gasteiger partial charge on any atom is 0.182 e. The number of benzene rings is 6. The van der Waals surface area contributed by atoms with E-state index in [1.54, 1.807) is 0 Å². The van der Waals surface area contributed by atoms with Crippen LogP contribution in [0.5, 0.6) is 0 Å². The second kappa shape index (κ2) is 18.9. The zero-order chi connectivity index (χ0) is 42.6. The van der Waals surface area contributed by atoms with Crippen molar-refractivity contribution in [1.29, 1.82) is 0 Å². The summed E-state index contributed by atoms with van der Waals surface area (Å²) in [6.07, 6.45) is 0. The maximum absolute atomic E-state index is 17.4. The number of allylic oxidation sites excluding steroid dienone is 4. The fourth-order valence-corrected chi connectivity index (χ4v) is 19.2. The van der Waals surface area contributed by atoms with Crippen LogP contribution in [0.2, 0.25) is 10.1 Å². The van der Waals surface area contributed by atoms with E-state index in [4.69, 9.17) is 0 Å². The third kappa shape index (κ3) is 8.98. The van der Waals surface area contributed by atoms with E-state index in [0.717, 1.165) is 31.9 Å². The summed E-state index contributed by atoms with van der Waals surface area (Å²) in [5, 5.41) is 3.77. The van der Waals surface area contributed by atoms with Crippen LogP contribution in [0.3, 0.4) is 0 Å². The van der Waals surface area contributed by atoms with E-state index in [9.17, 15) is 0 Å². The van der Waals surface area contributed by atoms with E-state index in [2.05, 4.69) is 137 Å². The van der Waals surface area contributed by atoms with Gasteiger partial charge in [0.15, 0.2) is 27.8 Å². The van der Waals surface area contributed by atoms with Gasteiger partial charge in [-0.2, -0.15) is 8.78 Å². The van der Waals surface area contributed by atoms with Gasteiger partial charge in [0, 0.05) is 21.5 Å². The van der Waals surface area contributed by atoms with Crippen LogP contribution in [0.1, 0.15) is 52.7 Å². The van der Waals surface area contributed by atoms with Crippen LogP contribution in [0.4, 0.5) is 8.78 Å². The molecule has 0 spiro atoms. The molecule has 6 aromatic rings. The Morgan fingerprint density at radius 1 is 0.350 bits per heavy atom. The van der Waals surface area contributed by atoms with Gasteiger partial charge in [-0.05, 0) is 78.8 Å². The molecule has 4 heteroatoms. The molecule has 0 saturated carbocycles. The lowest BCUT2D eigenvalue weighted by Gasteiger charge is -2.44. The number of hydrogen-bond acceptors (Lipinski definition) is 0. The summed E-state index contributed by atoms with van der Waals surface area (Å²) in [4.78, 5) is 0. The Kier molecular flexibility index (Phi) is 13.5. The first-order valence-electron chi connectivity index (χ1n) is 20.1. The highest BCUT2D eigenvalue weighted by Gasteiger charge is 2.53. The monoisotopic (exact) mass is 814 g/mol. The smallest absolute Gasteiger partial charge is 0.182 e. The van der Waals surface area contributed by atoms with Gasteiger partial charge >= 0.3 is 0 Å². The van der Waals surface area contributed by atoms with Crippen LogP contribution in [0.15, 0.2) is 204 Å². The minimum Gasteiger partial charge on any atom is -0.196 e. The van der Waals surface area contributed by atoms with Crippen LogP contribution < -0.4 is 20.7 Å². The van der Waals surface area contributed by atoms with Crippen molar-refractivity contribution < 1.29 is 8.78 Å². The molecule has 0 amide bonds. The number of hydrogen-bond donors (Lipinski definition) is 0. The number of rotatable bonds is 6. The van der Waals surface area contributed by atoms with Crippen molar-refractivity contribution in [2.24, 2.45) is 0 Å². The zero-order valence-corrected chi connectivity index (χ0v) is 37.1. The molecule has 60 heavy (non-hydrogen) atoms. The van der Waals surface area contributed by atoms with E-state index in [1.165, 1.54) is 0 Å². The third-order valence-corrected chi connectivity index (χ3v) is 22.4. The predicted molar refractivity (Wildman–Crippen MR) is 254 cm³/mol. The molecule has 0 aliphatic heterocycles. The van der Waals surface area contributed by atoms with Gasteiger partial charge < -0.3 is 0 Å². The van der Waals surface area contributed by atoms with Crippen molar-refractivity contribution in [2.45, 2.75) is 51.6 Å². The highest BCUT2D eigenvalue weighted by molar-refractivity contribution is 7.10. The van der Waals surface area contributed by atoms with Crippen LogP contribution in [0, 0.1) is 47.4 Å². The van der Waals surface area contributed by atoms with Gasteiger partial charge in [0.1, 0.15) is 0 Å². The van der Waals surface area contributed by atoms with Crippen molar-refractivity contribution in [1.82, 2.24) is 0 Å². The molecule has 0 aliphatic carbocycles. The molecule has 294 valence electrons. The topological polar surface area (TPSA) is 0 Å². The summed E-state index contributed by atoms with van der Waals surface area (Å²) in [5.74, 6) is 22.7. The summed E-state index contributed by atoms with van der Waals surface area (Å²) in [6, 6.07) is 59.4. The average molecular weight is 815 g/mol. The molecule has 0 N–H and O–H groups in total. The Balaban J connectivity index is 1.64. The lowest BCUT2D eigenvalue weighted by Crippen LogP contribution is -2.66. The second-order valence-corrected chi connectivity index (χ2v) is 25.9. The van der Waals surface area contributed by atoms with Crippen molar-refractivity contribution in [2.75, 3.05) is 0 Å². The lowest BCUT2D eigenvalue weighted by atomic mass is 10.2. The fraction of sp³-hybridized carbons (Fsp3) is 0.143. The molecule has 0 aromatic heterocycles. The summed E-state index contributed by atoms with van der Waals surface area (Å²) < 4.78 is 34.8. The van der Waals surface area contributed by atoms with E-state index in [0.29, 0.717) is 10.4 Å². The molecule has 0 unspecified atom stereocenters. The van der Waals surface area contributed by atoms with Crippen molar-refractivity contribution in [3.63, 3.8) is 0 Å². The van der Waals surface area contributed by atoms with Gasteiger partial charge in [0.2, 0.25) is 0 Å². The third-order valence-electron chi connectivity index (χ3n) is 10.9. The summed E-state index contributed by atoms with van der Waals surface area (Å²) in [7, 11) is -6.55. The molecule has 0 saturated heterocycles. The Bertz CT molecular complexity index is 2440. The van der Waals surface area contributed by atoms with Gasteiger partial charge in [-0.3, -0.25) is 0 Å². The molecule has 0 radical (unpaired) electrons. The molecular weight excluding hydrogens is 767 g/mol. The van der Waals surface area contributed by atoms with E-state index in [1.807, 2.05) is 133 Å². The Labute approximate surface area is 358 Å². The van der Waals surface area contributed by atoms with Gasteiger partial charge in [-0.25, -0.2) is 0 Å². The van der Waals surface area contributed by atoms with Gasteiger partial charge in [0.05, 0.1) is 0 Å². The first-order chi connectivity index (χ1) is 28.9. The molecule has 0 bridgehead atoms. The molecule has 6 rings (SSSR count). The molecule has 0 fully saturated rings. The minimum absolute atomic E-state index is 0.336. The predicted octanol–water partition coefficient (Wildman–Crippen LogP) is 10.7. The maximum atomic E-state index is 17.4. The average Bonchev–Trinajstić information content (AvgIpc) is 3.26. The normalized spacial score (nSPS) is 12.3.